The Bertz CT molecular complexity index is 1380. The van der Waals surface area contributed by atoms with Gasteiger partial charge in [-0.25, -0.2) is 0 Å². The van der Waals surface area contributed by atoms with Gasteiger partial charge < -0.3 is 14.2 Å². The third-order valence-corrected chi connectivity index (χ3v) is 17.2. The molecule has 83 heavy (non-hydrogen) atoms. The molecule has 0 saturated carbocycles. The zero-order chi connectivity index (χ0) is 59.9. The third kappa shape index (κ3) is 70.3. The van der Waals surface area contributed by atoms with E-state index in [2.05, 4.69) is 57.2 Å². The van der Waals surface area contributed by atoms with E-state index in [0.29, 0.717) is 19.3 Å². The maximum absolute atomic E-state index is 12.9. The van der Waals surface area contributed by atoms with Crippen molar-refractivity contribution in [2.75, 3.05) is 13.2 Å². The second-order valence-electron chi connectivity index (χ2n) is 25.5. The van der Waals surface area contributed by atoms with E-state index >= 15 is 0 Å². The molecular weight excluding hydrogens is 1020 g/mol. The Kier molecular flexibility index (Phi) is 70.0. The van der Waals surface area contributed by atoms with E-state index in [4.69, 9.17) is 14.2 Å². The molecule has 0 aromatic carbocycles. The molecule has 6 heteroatoms. The van der Waals surface area contributed by atoms with Crippen LogP contribution in [0.25, 0.3) is 0 Å². The van der Waals surface area contributed by atoms with Crippen molar-refractivity contribution in [1.29, 1.82) is 0 Å². The second-order valence-corrected chi connectivity index (χ2v) is 25.5. The molecule has 0 N–H and O–H groups in total. The van der Waals surface area contributed by atoms with Crippen molar-refractivity contribution in [1.82, 2.24) is 0 Å². The van der Waals surface area contributed by atoms with Gasteiger partial charge in [0.1, 0.15) is 13.2 Å². The fourth-order valence-corrected chi connectivity index (χ4v) is 11.6. The topological polar surface area (TPSA) is 78.9 Å². The van der Waals surface area contributed by atoms with Crippen LogP contribution in [-0.2, 0) is 28.6 Å². The van der Waals surface area contributed by atoms with Crippen molar-refractivity contribution in [3.8, 4) is 0 Å². The van der Waals surface area contributed by atoms with Gasteiger partial charge in [-0.05, 0) is 51.4 Å². The lowest BCUT2D eigenvalue weighted by Crippen LogP contribution is -2.30. The average Bonchev–Trinajstić information content (AvgIpc) is 3.49. The molecule has 488 valence electrons. The molecule has 1 unspecified atom stereocenters. The summed E-state index contributed by atoms with van der Waals surface area (Å²) in [5.41, 5.74) is 0. The minimum absolute atomic E-state index is 0.0704. The molecule has 0 aromatic heterocycles. The van der Waals surface area contributed by atoms with Gasteiger partial charge in [-0.1, -0.05) is 385 Å². The average molecular weight is 1170 g/mol. The van der Waals surface area contributed by atoms with Crippen molar-refractivity contribution in [3.05, 3.63) is 36.5 Å². The number of ether oxygens (including phenoxy) is 3. The summed E-state index contributed by atoms with van der Waals surface area (Å²) in [5.74, 6) is -0.848. The van der Waals surface area contributed by atoms with Crippen LogP contribution in [0.2, 0.25) is 0 Å². The molecule has 0 aliphatic heterocycles. The number of hydrogen-bond acceptors (Lipinski definition) is 6. The summed E-state index contributed by atoms with van der Waals surface area (Å²) >= 11 is 0. The lowest BCUT2D eigenvalue weighted by Gasteiger charge is -2.18. The van der Waals surface area contributed by atoms with Gasteiger partial charge in [-0.3, -0.25) is 14.4 Å². The number of rotatable bonds is 70. The number of carbonyl (C=O) groups excluding carboxylic acids is 3. The van der Waals surface area contributed by atoms with Crippen LogP contribution in [0.4, 0.5) is 0 Å². The first kappa shape index (κ1) is 80.6. The van der Waals surface area contributed by atoms with E-state index in [0.717, 1.165) is 83.5 Å². The van der Waals surface area contributed by atoms with Crippen molar-refractivity contribution in [3.63, 3.8) is 0 Å². The van der Waals surface area contributed by atoms with Crippen LogP contribution in [-0.4, -0.2) is 37.2 Å². The Morgan fingerprint density at radius 1 is 0.253 bits per heavy atom. The molecule has 0 radical (unpaired) electrons. The van der Waals surface area contributed by atoms with E-state index in [1.54, 1.807) is 0 Å². The van der Waals surface area contributed by atoms with Crippen LogP contribution in [0.15, 0.2) is 36.5 Å². The Labute approximate surface area is 518 Å². The lowest BCUT2D eigenvalue weighted by atomic mass is 10.0. The van der Waals surface area contributed by atoms with Crippen LogP contribution in [0.3, 0.4) is 0 Å². The summed E-state index contributed by atoms with van der Waals surface area (Å²) in [6.45, 7) is 6.61. The summed E-state index contributed by atoms with van der Waals surface area (Å²) in [6.07, 6.45) is 90.6. The Morgan fingerprint density at radius 3 is 0.735 bits per heavy atom. The van der Waals surface area contributed by atoms with Gasteiger partial charge in [-0.15, -0.1) is 0 Å². The van der Waals surface area contributed by atoms with Gasteiger partial charge in [0.05, 0.1) is 0 Å². The summed E-state index contributed by atoms with van der Waals surface area (Å²) in [5, 5.41) is 0. The van der Waals surface area contributed by atoms with Crippen LogP contribution < -0.4 is 0 Å². The molecule has 0 fully saturated rings. The predicted molar refractivity (Wildman–Crippen MR) is 362 cm³/mol. The number of carbonyl (C=O) groups is 3. The molecule has 0 saturated heterocycles. The highest BCUT2D eigenvalue weighted by Crippen LogP contribution is 2.19. The molecule has 0 amide bonds. The second kappa shape index (κ2) is 72.1. The van der Waals surface area contributed by atoms with Crippen molar-refractivity contribution in [2.24, 2.45) is 0 Å². The van der Waals surface area contributed by atoms with Gasteiger partial charge in [0.2, 0.25) is 0 Å². The third-order valence-electron chi connectivity index (χ3n) is 17.2. The molecule has 0 spiro atoms. The normalized spacial score (nSPS) is 12.2. The van der Waals surface area contributed by atoms with Crippen LogP contribution in [0.1, 0.15) is 419 Å². The highest BCUT2D eigenvalue weighted by Gasteiger charge is 2.20. The molecular formula is C77H144O6. The van der Waals surface area contributed by atoms with Gasteiger partial charge in [0, 0.05) is 19.3 Å². The SMILES string of the molecule is CC/C=C\C/C=C\C/C=C\CCCCCCCCCC(=O)OC(COC(=O)CCCCCCCCCCCCCCCCCC)COC(=O)CCCCCCCCCCCCCCCCCCCCCCCCCCCCCCCCCC. The minimum Gasteiger partial charge on any atom is -0.462 e. The highest BCUT2D eigenvalue weighted by atomic mass is 16.6. The first-order valence-electron chi connectivity index (χ1n) is 37.5. The smallest absolute Gasteiger partial charge is 0.306 e. The Hall–Kier alpha value is -2.37. The Morgan fingerprint density at radius 2 is 0.470 bits per heavy atom. The molecule has 0 bridgehead atoms. The fourth-order valence-electron chi connectivity index (χ4n) is 11.6. The van der Waals surface area contributed by atoms with Crippen molar-refractivity contribution < 1.29 is 28.6 Å². The summed E-state index contributed by atoms with van der Waals surface area (Å²) in [4.78, 5) is 38.5. The van der Waals surface area contributed by atoms with E-state index < -0.39 is 6.10 Å². The fraction of sp³-hybridized carbons (Fsp3) is 0.883. The van der Waals surface area contributed by atoms with E-state index in [9.17, 15) is 14.4 Å². The van der Waals surface area contributed by atoms with E-state index in [1.165, 1.54) is 295 Å². The molecule has 6 nitrogen and oxygen atoms in total. The summed E-state index contributed by atoms with van der Waals surface area (Å²) in [7, 11) is 0. The van der Waals surface area contributed by atoms with Gasteiger partial charge >= 0.3 is 17.9 Å². The maximum Gasteiger partial charge on any atom is 0.306 e. The number of esters is 3. The van der Waals surface area contributed by atoms with Gasteiger partial charge in [-0.2, -0.15) is 0 Å². The molecule has 0 aromatic rings. The van der Waals surface area contributed by atoms with Crippen molar-refractivity contribution >= 4 is 17.9 Å². The van der Waals surface area contributed by atoms with Gasteiger partial charge in [0.25, 0.3) is 0 Å². The molecule has 0 aliphatic rings. The van der Waals surface area contributed by atoms with Crippen LogP contribution in [0, 0.1) is 0 Å². The highest BCUT2D eigenvalue weighted by molar-refractivity contribution is 5.71. The van der Waals surface area contributed by atoms with Crippen molar-refractivity contribution in [2.45, 2.75) is 425 Å². The zero-order valence-corrected chi connectivity index (χ0v) is 56.2. The molecule has 1 atom stereocenters. The number of unbranched alkanes of at least 4 members (excludes halogenated alkanes) is 53. The number of hydrogen-bond donors (Lipinski definition) is 0. The molecule has 0 heterocycles. The minimum atomic E-state index is -0.776. The van der Waals surface area contributed by atoms with Crippen LogP contribution >= 0.6 is 0 Å². The largest absolute Gasteiger partial charge is 0.462 e. The Balaban J connectivity index is 4.14. The van der Waals surface area contributed by atoms with E-state index in [-0.39, 0.29) is 31.1 Å². The van der Waals surface area contributed by atoms with Crippen LogP contribution in [0.5, 0.6) is 0 Å². The molecule has 0 aliphatic carbocycles. The zero-order valence-electron chi connectivity index (χ0n) is 56.2. The maximum atomic E-state index is 12.9. The quantitative estimate of drug-likeness (QED) is 0.0261. The first-order valence-corrected chi connectivity index (χ1v) is 37.5. The summed E-state index contributed by atoms with van der Waals surface area (Å²) in [6, 6.07) is 0. The van der Waals surface area contributed by atoms with E-state index in [1.807, 2.05) is 0 Å². The first-order chi connectivity index (χ1) is 41.0. The molecule has 0 rings (SSSR count). The lowest BCUT2D eigenvalue weighted by molar-refractivity contribution is -0.167. The summed E-state index contributed by atoms with van der Waals surface area (Å²) < 4.78 is 17.0. The standard InChI is InChI=1S/C77H144O6/c1-4-7-10-13-16-19-22-25-28-31-32-33-34-35-36-37-38-39-40-41-42-43-44-45-47-49-52-55-58-61-64-67-70-76(79)82-73-74(72-81-75(78)69-66-63-60-57-54-51-48-30-27-24-21-18-15-12-9-6-3)83-77(80)71-68-65-62-59-56-53-50-46-29-26-23-20-17-14-11-8-5-2/h8,11,17,20,26,29,74H,4-7,9-10,12-16,18-19,21-25,27-28,30-73H2,1-3H3/b11-8-,20-17-,29-26-. The monoisotopic (exact) mass is 1170 g/mol. The predicted octanol–water partition coefficient (Wildman–Crippen LogP) is 25.9. The van der Waals surface area contributed by atoms with Gasteiger partial charge in [0.15, 0.2) is 6.10 Å². The number of allylic oxidation sites excluding steroid dienone is 6.